The molecule has 1 saturated heterocycles. The number of rotatable bonds is 6. The van der Waals surface area contributed by atoms with Gasteiger partial charge in [-0.05, 0) is 47.7 Å². The van der Waals surface area contributed by atoms with E-state index >= 15 is 0 Å². The second-order valence-corrected chi connectivity index (χ2v) is 8.41. The van der Waals surface area contributed by atoms with Crippen molar-refractivity contribution in [1.82, 2.24) is 4.90 Å². The summed E-state index contributed by atoms with van der Waals surface area (Å²) in [5, 5.41) is 0.646. The van der Waals surface area contributed by atoms with E-state index in [9.17, 15) is 14.0 Å². The molecule has 4 rings (SSSR count). The normalized spacial score (nSPS) is 17.3. The first kappa shape index (κ1) is 22.7. The smallest absolute Gasteiger partial charge is 0.286 e. The fourth-order valence-electron chi connectivity index (χ4n) is 3.57. The molecule has 172 valence electrons. The van der Waals surface area contributed by atoms with Gasteiger partial charge in [0.15, 0.2) is 23.3 Å². The van der Waals surface area contributed by atoms with Crippen molar-refractivity contribution >= 4 is 40.5 Å². The number of thioether (sulfide) groups is 1. The van der Waals surface area contributed by atoms with E-state index < -0.39 is 5.91 Å². The topological polar surface area (TPSA) is 97.5 Å². The van der Waals surface area contributed by atoms with Crippen LogP contribution in [-0.4, -0.2) is 61.8 Å². The number of aliphatic imine (C=N–C) groups is 1. The Morgan fingerprint density at radius 2 is 1.88 bits per heavy atom. The third kappa shape index (κ3) is 5.28. The van der Waals surface area contributed by atoms with Crippen LogP contribution in [-0.2, 0) is 9.59 Å². The quantitative estimate of drug-likeness (QED) is 0.648. The molecule has 8 nitrogen and oxygen atoms in total. The van der Waals surface area contributed by atoms with Gasteiger partial charge < -0.3 is 25.0 Å². The number of nitrogens with zero attached hydrogens (tertiary/aromatic N) is 3. The Kier molecular flexibility index (Phi) is 6.83. The summed E-state index contributed by atoms with van der Waals surface area (Å²) < 4.78 is 24.7. The lowest BCUT2D eigenvalue weighted by Gasteiger charge is -2.36. The molecule has 0 radical (unpaired) electrons. The van der Waals surface area contributed by atoms with Crippen molar-refractivity contribution in [2.45, 2.75) is 0 Å². The predicted octanol–water partition coefficient (Wildman–Crippen LogP) is 2.49. The second kappa shape index (κ2) is 9.95. The van der Waals surface area contributed by atoms with Crippen LogP contribution in [0.1, 0.15) is 5.56 Å². The highest BCUT2D eigenvalue weighted by Gasteiger charge is 2.29. The van der Waals surface area contributed by atoms with Gasteiger partial charge in [-0.2, -0.15) is 4.99 Å². The van der Waals surface area contributed by atoms with Gasteiger partial charge in [-0.15, -0.1) is 0 Å². The molecular weight excluding hydrogens is 447 g/mol. The first-order chi connectivity index (χ1) is 15.9. The Hall–Kier alpha value is -3.53. The van der Waals surface area contributed by atoms with Crippen molar-refractivity contribution in [2.24, 2.45) is 10.7 Å². The molecule has 0 unspecified atom stereocenters. The number of halogens is 1. The number of benzene rings is 2. The number of nitrogens with two attached hydrogens (primary N) is 1. The summed E-state index contributed by atoms with van der Waals surface area (Å²) in [6, 6.07) is 11.9. The molecular formula is C23H23FN4O4S. The van der Waals surface area contributed by atoms with E-state index in [1.807, 2.05) is 15.9 Å². The number of methoxy groups -OCH3 is 1. The fourth-order valence-corrected chi connectivity index (χ4v) is 4.54. The van der Waals surface area contributed by atoms with Crippen molar-refractivity contribution < 1.29 is 23.5 Å². The van der Waals surface area contributed by atoms with E-state index in [1.165, 1.54) is 24.9 Å². The van der Waals surface area contributed by atoms with Gasteiger partial charge >= 0.3 is 0 Å². The zero-order valence-corrected chi connectivity index (χ0v) is 18.8. The van der Waals surface area contributed by atoms with Crippen LogP contribution in [0, 0.1) is 5.82 Å². The first-order valence-electron chi connectivity index (χ1n) is 10.3. The molecule has 1 fully saturated rings. The predicted molar refractivity (Wildman–Crippen MR) is 126 cm³/mol. The minimum atomic E-state index is -0.587. The maximum atomic E-state index is 14.1. The summed E-state index contributed by atoms with van der Waals surface area (Å²) in [5.41, 5.74) is 6.43. The Morgan fingerprint density at radius 1 is 1.15 bits per heavy atom. The summed E-state index contributed by atoms with van der Waals surface area (Å²) in [6.45, 7) is 2.29. The Labute approximate surface area is 194 Å². The zero-order chi connectivity index (χ0) is 23.4. The van der Waals surface area contributed by atoms with Crippen LogP contribution in [0.3, 0.4) is 0 Å². The van der Waals surface area contributed by atoms with E-state index in [2.05, 4.69) is 4.99 Å². The van der Waals surface area contributed by atoms with Crippen LogP contribution in [0.2, 0.25) is 0 Å². The highest BCUT2D eigenvalue weighted by Crippen LogP contribution is 2.34. The number of para-hydroxylation sites is 1. The summed E-state index contributed by atoms with van der Waals surface area (Å²) in [7, 11) is 1.49. The number of carbonyl (C=O) groups excluding carboxylic acids is 2. The molecule has 33 heavy (non-hydrogen) atoms. The van der Waals surface area contributed by atoms with Crippen molar-refractivity contribution in [3.05, 3.63) is 58.8 Å². The minimum absolute atomic E-state index is 0.236. The number of piperazine rings is 1. The highest BCUT2D eigenvalue weighted by molar-refractivity contribution is 8.18. The monoisotopic (exact) mass is 470 g/mol. The maximum Gasteiger partial charge on any atom is 0.286 e. The van der Waals surface area contributed by atoms with Gasteiger partial charge in [0, 0.05) is 26.2 Å². The number of hydrogen-bond donors (Lipinski definition) is 1. The van der Waals surface area contributed by atoms with Gasteiger partial charge in [0.1, 0.15) is 5.82 Å². The standard InChI is InChI=1S/C23H23FN4O4S/c1-31-19-12-15(6-7-18(19)32-14-21(25)29)13-20-22(30)26-23(33-20)28-10-8-27(9-11-28)17-5-3-2-4-16(17)24/h2-7,12-13H,8-11,14H2,1H3,(H2,25,29)/b20-13-. The van der Waals surface area contributed by atoms with E-state index in [0.29, 0.717) is 53.4 Å². The van der Waals surface area contributed by atoms with Gasteiger partial charge in [0.2, 0.25) is 0 Å². The molecule has 10 heteroatoms. The van der Waals surface area contributed by atoms with E-state index in [-0.39, 0.29) is 18.3 Å². The SMILES string of the molecule is COc1cc(/C=C2\SC(N3CCN(c4ccccc4F)CC3)=NC2=O)ccc1OCC(N)=O. The number of hydrogen-bond acceptors (Lipinski definition) is 7. The van der Waals surface area contributed by atoms with Gasteiger partial charge in [-0.25, -0.2) is 4.39 Å². The first-order valence-corrected chi connectivity index (χ1v) is 11.1. The summed E-state index contributed by atoms with van der Waals surface area (Å²) in [6.07, 6.45) is 1.74. The van der Waals surface area contributed by atoms with Crippen LogP contribution in [0.25, 0.3) is 6.08 Å². The average Bonchev–Trinajstić information content (AvgIpc) is 3.18. The van der Waals surface area contributed by atoms with Crippen molar-refractivity contribution in [3.8, 4) is 11.5 Å². The van der Waals surface area contributed by atoms with Gasteiger partial charge in [-0.1, -0.05) is 18.2 Å². The molecule has 2 amide bonds. The third-order valence-corrected chi connectivity index (χ3v) is 6.25. The van der Waals surface area contributed by atoms with Crippen LogP contribution < -0.4 is 20.1 Å². The average molecular weight is 471 g/mol. The van der Waals surface area contributed by atoms with Crippen molar-refractivity contribution in [2.75, 3.05) is 44.8 Å². The number of anilines is 1. The van der Waals surface area contributed by atoms with Crippen LogP contribution in [0.5, 0.6) is 11.5 Å². The number of primary amides is 1. The number of carbonyl (C=O) groups is 2. The molecule has 0 bridgehead atoms. The van der Waals surface area contributed by atoms with Crippen LogP contribution in [0.4, 0.5) is 10.1 Å². The third-order valence-electron chi connectivity index (χ3n) is 5.21. The van der Waals surface area contributed by atoms with E-state index in [0.717, 1.165) is 5.56 Å². The van der Waals surface area contributed by atoms with Gasteiger partial charge in [-0.3, -0.25) is 9.59 Å². The molecule has 0 aromatic heterocycles. The number of ether oxygens (including phenoxy) is 2. The molecule has 0 saturated carbocycles. The largest absolute Gasteiger partial charge is 0.493 e. The molecule has 0 aliphatic carbocycles. The Bertz CT molecular complexity index is 1130. The van der Waals surface area contributed by atoms with Crippen molar-refractivity contribution in [3.63, 3.8) is 0 Å². The molecule has 2 aliphatic heterocycles. The summed E-state index contributed by atoms with van der Waals surface area (Å²) in [4.78, 5) is 32.2. The molecule has 2 aromatic carbocycles. The molecule has 2 heterocycles. The second-order valence-electron chi connectivity index (χ2n) is 7.40. The fraction of sp³-hybridized carbons (Fsp3) is 0.261. The van der Waals surface area contributed by atoms with Gasteiger partial charge in [0.05, 0.1) is 17.7 Å². The lowest BCUT2D eigenvalue weighted by molar-refractivity contribution is -0.120. The van der Waals surface area contributed by atoms with Crippen LogP contribution in [0.15, 0.2) is 52.4 Å². The van der Waals surface area contributed by atoms with E-state index in [4.69, 9.17) is 15.2 Å². The van der Waals surface area contributed by atoms with E-state index in [1.54, 1.807) is 36.4 Å². The minimum Gasteiger partial charge on any atom is -0.493 e. The highest BCUT2D eigenvalue weighted by atomic mass is 32.2. The Balaban J connectivity index is 1.40. The number of amides is 2. The Morgan fingerprint density at radius 3 is 2.58 bits per heavy atom. The number of amidine groups is 1. The zero-order valence-electron chi connectivity index (χ0n) is 18.0. The lowest BCUT2D eigenvalue weighted by atomic mass is 10.2. The lowest BCUT2D eigenvalue weighted by Crippen LogP contribution is -2.48. The molecule has 2 aliphatic rings. The van der Waals surface area contributed by atoms with Gasteiger partial charge in [0.25, 0.3) is 11.8 Å². The van der Waals surface area contributed by atoms with Crippen molar-refractivity contribution in [1.29, 1.82) is 0 Å². The summed E-state index contributed by atoms with van der Waals surface area (Å²) >= 11 is 1.31. The van der Waals surface area contributed by atoms with Crippen LogP contribution >= 0.6 is 11.8 Å². The molecule has 2 aromatic rings. The maximum absolute atomic E-state index is 14.1. The summed E-state index contributed by atoms with van der Waals surface area (Å²) in [5.74, 6) is -0.324. The molecule has 0 atom stereocenters. The molecule has 0 spiro atoms. The molecule has 2 N–H and O–H groups in total.